The number of aryl methyl sites for hydroxylation is 1. The molecule has 2 unspecified atom stereocenters. The largest absolute Gasteiger partial charge is 0.357 e. The molecule has 0 heterocycles. The average Bonchev–Trinajstić information content (AvgIpc) is 3.47. The number of amides is 1. The molecule has 0 aliphatic heterocycles. The third kappa shape index (κ3) is 5.59. The van der Waals surface area contributed by atoms with E-state index in [1.807, 2.05) is 18.2 Å². The second kappa shape index (κ2) is 9.59. The van der Waals surface area contributed by atoms with Gasteiger partial charge in [0.15, 0.2) is 5.96 Å². The van der Waals surface area contributed by atoms with Crippen LogP contribution in [0.5, 0.6) is 0 Å². The molecule has 2 atom stereocenters. The average molecular weight is 393 g/mol. The summed E-state index contributed by atoms with van der Waals surface area (Å²) in [6, 6.07) is 16.9. The first-order chi connectivity index (χ1) is 14.0. The zero-order valence-electron chi connectivity index (χ0n) is 17.9. The maximum atomic E-state index is 12.1. The van der Waals surface area contributed by atoms with Crippen LogP contribution in [-0.4, -0.2) is 50.0 Å². The van der Waals surface area contributed by atoms with Crippen molar-refractivity contribution in [2.75, 3.05) is 27.2 Å². The smallest absolute Gasteiger partial charge is 0.253 e. The number of benzene rings is 2. The molecule has 0 spiro atoms. The van der Waals surface area contributed by atoms with Crippen LogP contribution in [-0.2, 0) is 6.42 Å². The second-order valence-electron chi connectivity index (χ2n) is 7.86. The van der Waals surface area contributed by atoms with Crippen molar-refractivity contribution in [2.24, 2.45) is 4.99 Å². The van der Waals surface area contributed by atoms with Gasteiger partial charge in [0.25, 0.3) is 5.91 Å². The van der Waals surface area contributed by atoms with Gasteiger partial charge in [0.2, 0.25) is 0 Å². The highest BCUT2D eigenvalue weighted by atomic mass is 16.2. The molecule has 154 valence electrons. The maximum Gasteiger partial charge on any atom is 0.253 e. The standard InChI is InChI=1S/C24H32N4O/c1-5-25-24(27-22-16-21(22)20-12-7-6-9-17(20)2)26-14-13-18-10-8-11-19(15-18)23(29)28(3)4/h6-12,15,21-22H,5,13-14,16H2,1-4H3,(H2,25,26,27). The van der Waals surface area contributed by atoms with E-state index in [2.05, 4.69) is 54.8 Å². The van der Waals surface area contributed by atoms with E-state index in [1.54, 1.807) is 19.0 Å². The molecule has 0 radical (unpaired) electrons. The Kier molecular flexibility index (Phi) is 6.91. The van der Waals surface area contributed by atoms with Crippen molar-refractivity contribution in [3.8, 4) is 0 Å². The lowest BCUT2D eigenvalue weighted by molar-refractivity contribution is 0.0827. The second-order valence-corrected chi connectivity index (χ2v) is 7.86. The number of hydrogen-bond acceptors (Lipinski definition) is 2. The minimum atomic E-state index is 0.0290. The summed E-state index contributed by atoms with van der Waals surface area (Å²) in [7, 11) is 3.55. The summed E-state index contributed by atoms with van der Waals surface area (Å²) in [6.45, 7) is 5.77. The van der Waals surface area contributed by atoms with E-state index in [4.69, 9.17) is 4.99 Å². The molecule has 5 nitrogen and oxygen atoms in total. The monoisotopic (exact) mass is 392 g/mol. The van der Waals surface area contributed by atoms with Crippen molar-refractivity contribution >= 4 is 11.9 Å². The van der Waals surface area contributed by atoms with E-state index in [1.165, 1.54) is 11.1 Å². The molecule has 0 bridgehead atoms. The molecule has 2 aromatic rings. The normalized spacial score (nSPS) is 18.3. The number of hydrogen-bond donors (Lipinski definition) is 2. The van der Waals surface area contributed by atoms with Crippen molar-refractivity contribution in [2.45, 2.75) is 38.6 Å². The Morgan fingerprint density at radius 3 is 2.69 bits per heavy atom. The van der Waals surface area contributed by atoms with Crippen LogP contribution in [0.3, 0.4) is 0 Å². The quantitative estimate of drug-likeness (QED) is 0.561. The zero-order chi connectivity index (χ0) is 20.8. The van der Waals surface area contributed by atoms with Crippen molar-refractivity contribution in [1.82, 2.24) is 15.5 Å². The Balaban J connectivity index is 1.57. The molecule has 3 rings (SSSR count). The van der Waals surface area contributed by atoms with E-state index >= 15 is 0 Å². The van der Waals surface area contributed by atoms with Crippen LogP contribution in [0, 0.1) is 6.92 Å². The van der Waals surface area contributed by atoms with Gasteiger partial charge in [-0.1, -0.05) is 36.4 Å². The molecular formula is C24H32N4O. The molecule has 1 amide bonds. The first-order valence-electron chi connectivity index (χ1n) is 10.4. The first kappa shape index (κ1) is 20.9. The van der Waals surface area contributed by atoms with Crippen molar-refractivity contribution in [1.29, 1.82) is 0 Å². The van der Waals surface area contributed by atoms with E-state index in [9.17, 15) is 4.79 Å². The maximum absolute atomic E-state index is 12.1. The molecule has 1 aliphatic carbocycles. The van der Waals surface area contributed by atoms with Gasteiger partial charge in [0.1, 0.15) is 0 Å². The predicted molar refractivity (Wildman–Crippen MR) is 120 cm³/mol. The highest BCUT2D eigenvalue weighted by molar-refractivity contribution is 5.94. The number of rotatable bonds is 7. The summed E-state index contributed by atoms with van der Waals surface area (Å²) < 4.78 is 0. The third-order valence-electron chi connectivity index (χ3n) is 5.30. The number of nitrogens with zero attached hydrogens (tertiary/aromatic N) is 2. The van der Waals surface area contributed by atoms with Crippen LogP contribution in [0.2, 0.25) is 0 Å². The summed E-state index contributed by atoms with van der Waals surface area (Å²) >= 11 is 0. The van der Waals surface area contributed by atoms with E-state index in [-0.39, 0.29) is 5.91 Å². The predicted octanol–water partition coefficient (Wildman–Crippen LogP) is 3.35. The van der Waals surface area contributed by atoms with Crippen molar-refractivity contribution in [3.05, 3.63) is 70.8 Å². The fraction of sp³-hybridized carbons (Fsp3) is 0.417. The Labute approximate surface area is 174 Å². The van der Waals surface area contributed by atoms with Crippen LogP contribution in [0.15, 0.2) is 53.5 Å². The van der Waals surface area contributed by atoms with Crippen LogP contribution in [0.1, 0.15) is 46.3 Å². The SMILES string of the molecule is CCNC(=NCCc1cccc(C(=O)N(C)C)c1)NC1CC1c1ccccc1C. The summed E-state index contributed by atoms with van der Waals surface area (Å²) in [6.07, 6.45) is 1.95. The number of nitrogens with one attached hydrogen (secondary N) is 2. The van der Waals surface area contributed by atoms with Crippen molar-refractivity contribution < 1.29 is 4.79 Å². The van der Waals surface area contributed by atoms with Gasteiger partial charge in [-0.3, -0.25) is 9.79 Å². The highest BCUT2D eigenvalue weighted by Gasteiger charge is 2.39. The lowest BCUT2D eigenvalue weighted by Gasteiger charge is -2.12. The van der Waals surface area contributed by atoms with Gasteiger partial charge in [-0.2, -0.15) is 0 Å². The van der Waals surface area contributed by atoms with Gasteiger partial charge in [-0.05, 0) is 55.5 Å². The lowest BCUT2D eigenvalue weighted by Crippen LogP contribution is -2.39. The van der Waals surface area contributed by atoms with E-state index < -0.39 is 0 Å². The minimum Gasteiger partial charge on any atom is -0.357 e. The fourth-order valence-corrected chi connectivity index (χ4v) is 3.61. The Bertz CT molecular complexity index is 875. The Morgan fingerprint density at radius 1 is 1.17 bits per heavy atom. The molecule has 1 fully saturated rings. The molecule has 0 aromatic heterocycles. The molecule has 2 N–H and O–H groups in total. The van der Waals surface area contributed by atoms with Gasteiger partial charge in [-0.25, -0.2) is 0 Å². The first-order valence-corrected chi connectivity index (χ1v) is 10.4. The van der Waals surface area contributed by atoms with Crippen LogP contribution >= 0.6 is 0 Å². The summed E-state index contributed by atoms with van der Waals surface area (Å²) in [5.41, 5.74) is 4.64. The van der Waals surface area contributed by atoms with Crippen LogP contribution in [0.4, 0.5) is 0 Å². The van der Waals surface area contributed by atoms with Gasteiger partial charge in [0, 0.05) is 44.7 Å². The molecule has 1 aliphatic rings. The Morgan fingerprint density at radius 2 is 1.97 bits per heavy atom. The molecule has 0 saturated heterocycles. The van der Waals surface area contributed by atoms with Gasteiger partial charge >= 0.3 is 0 Å². The number of carbonyl (C=O) groups is 1. The number of carbonyl (C=O) groups excluding carboxylic acids is 1. The topological polar surface area (TPSA) is 56.7 Å². The third-order valence-corrected chi connectivity index (χ3v) is 5.30. The molecule has 29 heavy (non-hydrogen) atoms. The lowest BCUT2D eigenvalue weighted by atomic mass is 10.0. The van der Waals surface area contributed by atoms with E-state index in [0.717, 1.165) is 36.5 Å². The van der Waals surface area contributed by atoms with E-state index in [0.29, 0.717) is 18.5 Å². The number of aliphatic imine (C=N–C) groups is 1. The fourth-order valence-electron chi connectivity index (χ4n) is 3.61. The molecule has 5 heteroatoms. The summed E-state index contributed by atoms with van der Waals surface area (Å²) in [4.78, 5) is 18.5. The minimum absolute atomic E-state index is 0.0290. The molecule has 1 saturated carbocycles. The summed E-state index contributed by atoms with van der Waals surface area (Å²) in [5.74, 6) is 1.46. The Hall–Kier alpha value is -2.82. The molecule has 2 aromatic carbocycles. The zero-order valence-corrected chi connectivity index (χ0v) is 17.9. The highest BCUT2D eigenvalue weighted by Crippen LogP contribution is 2.42. The van der Waals surface area contributed by atoms with Crippen molar-refractivity contribution in [3.63, 3.8) is 0 Å². The van der Waals surface area contributed by atoms with Gasteiger partial charge in [0.05, 0.1) is 0 Å². The number of guanidine groups is 1. The summed E-state index contributed by atoms with van der Waals surface area (Å²) in [5, 5.41) is 6.93. The van der Waals surface area contributed by atoms with Gasteiger partial charge < -0.3 is 15.5 Å². The molecular weight excluding hydrogens is 360 g/mol. The van der Waals surface area contributed by atoms with Crippen LogP contribution in [0.25, 0.3) is 0 Å². The van der Waals surface area contributed by atoms with Crippen LogP contribution < -0.4 is 10.6 Å². The van der Waals surface area contributed by atoms with Gasteiger partial charge in [-0.15, -0.1) is 0 Å².